The van der Waals surface area contributed by atoms with Gasteiger partial charge >= 0.3 is 0 Å². The molecule has 1 aromatic rings. The summed E-state index contributed by atoms with van der Waals surface area (Å²) in [6, 6.07) is 7.59. The Morgan fingerprint density at radius 1 is 1.09 bits per heavy atom. The van der Waals surface area contributed by atoms with Gasteiger partial charge in [-0.05, 0) is 62.3 Å². The van der Waals surface area contributed by atoms with Gasteiger partial charge in [0, 0.05) is 29.3 Å². The molecule has 2 fully saturated rings. The molecule has 0 spiro atoms. The van der Waals surface area contributed by atoms with E-state index in [1.807, 2.05) is 0 Å². The smallest absolute Gasteiger partial charge is 0.251 e. The van der Waals surface area contributed by atoms with Crippen LogP contribution in [-0.2, 0) is 4.79 Å². The normalized spacial score (nSPS) is 29.7. The molecule has 2 amide bonds. The van der Waals surface area contributed by atoms with Crippen LogP contribution in [-0.4, -0.2) is 23.9 Å². The van der Waals surface area contributed by atoms with Crippen LogP contribution in [0.2, 0.25) is 0 Å². The van der Waals surface area contributed by atoms with Crippen molar-refractivity contribution < 1.29 is 9.59 Å². The Morgan fingerprint density at radius 3 is 2.26 bits per heavy atom. The Kier molecular flexibility index (Phi) is 4.66. The van der Waals surface area contributed by atoms with Gasteiger partial charge in [0.25, 0.3) is 5.91 Å². The van der Waals surface area contributed by atoms with Crippen molar-refractivity contribution in [2.45, 2.75) is 51.1 Å². The molecule has 2 atom stereocenters. The van der Waals surface area contributed by atoms with Crippen molar-refractivity contribution in [3.05, 3.63) is 29.8 Å². The summed E-state index contributed by atoms with van der Waals surface area (Å²) in [5.41, 5.74) is 7.25. The molecule has 4 N–H and O–H groups in total. The zero-order valence-corrected chi connectivity index (χ0v) is 13.5. The van der Waals surface area contributed by atoms with Gasteiger partial charge in [-0.3, -0.25) is 9.59 Å². The molecule has 23 heavy (non-hydrogen) atoms. The summed E-state index contributed by atoms with van der Waals surface area (Å²) in [6.07, 6.45) is 4.80. The standard InChI is InChI=1S/C18H25N3O2/c1-11-10-16(11)18(23)21-14-6-2-12(3-7-14)17(22)20-15-8-4-13(19)5-9-15/h2-3,6-7,11,13,15-16H,4-5,8-10,19H2,1H3,(H,20,22)(H,21,23). The molecule has 2 aliphatic carbocycles. The van der Waals surface area contributed by atoms with Crippen LogP contribution in [0, 0.1) is 11.8 Å². The van der Waals surface area contributed by atoms with E-state index in [2.05, 4.69) is 17.6 Å². The third kappa shape index (κ3) is 4.10. The topological polar surface area (TPSA) is 84.2 Å². The molecule has 0 saturated heterocycles. The summed E-state index contributed by atoms with van der Waals surface area (Å²) in [6.45, 7) is 2.08. The fraction of sp³-hybridized carbons (Fsp3) is 0.556. The number of anilines is 1. The lowest BCUT2D eigenvalue weighted by molar-refractivity contribution is -0.117. The summed E-state index contributed by atoms with van der Waals surface area (Å²) in [5.74, 6) is 0.659. The number of hydrogen-bond acceptors (Lipinski definition) is 3. The zero-order valence-electron chi connectivity index (χ0n) is 13.5. The molecule has 1 aromatic carbocycles. The second-order valence-corrected chi connectivity index (χ2v) is 6.97. The zero-order chi connectivity index (χ0) is 16.4. The summed E-state index contributed by atoms with van der Waals surface area (Å²) in [4.78, 5) is 24.2. The summed E-state index contributed by atoms with van der Waals surface area (Å²) >= 11 is 0. The minimum atomic E-state index is -0.0563. The van der Waals surface area contributed by atoms with Crippen molar-refractivity contribution >= 4 is 17.5 Å². The van der Waals surface area contributed by atoms with Crippen LogP contribution in [0.15, 0.2) is 24.3 Å². The highest BCUT2D eigenvalue weighted by Gasteiger charge is 2.39. The quantitative estimate of drug-likeness (QED) is 0.797. The first kappa shape index (κ1) is 16.0. The van der Waals surface area contributed by atoms with Gasteiger partial charge in [-0.1, -0.05) is 6.92 Å². The molecular weight excluding hydrogens is 290 g/mol. The van der Waals surface area contributed by atoms with E-state index in [0.29, 0.717) is 11.5 Å². The number of hydrogen-bond donors (Lipinski definition) is 3. The molecule has 0 bridgehead atoms. The summed E-state index contributed by atoms with van der Waals surface area (Å²) < 4.78 is 0. The molecule has 0 radical (unpaired) electrons. The number of nitrogens with one attached hydrogen (secondary N) is 2. The largest absolute Gasteiger partial charge is 0.349 e. The maximum absolute atomic E-state index is 12.3. The van der Waals surface area contributed by atoms with Gasteiger partial charge < -0.3 is 16.4 Å². The van der Waals surface area contributed by atoms with Gasteiger partial charge in [0.05, 0.1) is 0 Å². The molecular formula is C18H25N3O2. The van der Waals surface area contributed by atoms with Crippen LogP contribution in [0.5, 0.6) is 0 Å². The van der Waals surface area contributed by atoms with Gasteiger partial charge in [0.1, 0.15) is 0 Å². The first-order valence-electron chi connectivity index (χ1n) is 8.50. The number of carbonyl (C=O) groups is 2. The third-order valence-electron chi connectivity index (χ3n) is 4.97. The Balaban J connectivity index is 1.52. The minimum Gasteiger partial charge on any atom is -0.349 e. The average Bonchev–Trinajstić information content (AvgIpc) is 3.27. The Labute approximate surface area is 137 Å². The third-order valence-corrected chi connectivity index (χ3v) is 4.97. The predicted octanol–water partition coefficient (Wildman–Crippen LogP) is 2.28. The fourth-order valence-electron chi connectivity index (χ4n) is 3.16. The van der Waals surface area contributed by atoms with E-state index in [9.17, 15) is 9.59 Å². The molecule has 2 saturated carbocycles. The maximum atomic E-state index is 12.3. The number of benzene rings is 1. The van der Waals surface area contributed by atoms with E-state index in [-0.39, 0.29) is 29.8 Å². The van der Waals surface area contributed by atoms with Gasteiger partial charge in [0.15, 0.2) is 0 Å². The molecule has 124 valence electrons. The van der Waals surface area contributed by atoms with Gasteiger partial charge in [-0.2, -0.15) is 0 Å². The van der Waals surface area contributed by atoms with Crippen molar-refractivity contribution in [1.29, 1.82) is 0 Å². The summed E-state index contributed by atoms with van der Waals surface area (Å²) in [7, 11) is 0. The SMILES string of the molecule is CC1CC1C(=O)Nc1ccc(C(=O)NC2CCC(N)CC2)cc1. The maximum Gasteiger partial charge on any atom is 0.251 e. The Hall–Kier alpha value is -1.88. The van der Waals surface area contributed by atoms with Crippen molar-refractivity contribution in [2.24, 2.45) is 17.6 Å². The number of carbonyl (C=O) groups excluding carboxylic acids is 2. The lowest BCUT2D eigenvalue weighted by Gasteiger charge is -2.26. The Bertz CT molecular complexity index is 576. The van der Waals surface area contributed by atoms with E-state index in [0.717, 1.165) is 37.8 Å². The van der Waals surface area contributed by atoms with Crippen molar-refractivity contribution in [2.75, 3.05) is 5.32 Å². The van der Waals surface area contributed by atoms with Crippen LogP contribution in [0.3, 0.4) is 0 Å². The molecule has 5 nitrogen and oxygen atoms in total. The highest BCUT2D eigenvalue weighted by molar-refractivity contribution is 5.97. The van der Waals surface area contributed by atoms with E-state index in [1.165, 1.54) is 0 Å². The first-order valence-corrected chi connectivity index (χ1v) is 8.50. The van der Waals surface area contributed by atoms with Gasteiger partial charge in [-0.15, -0.1) is 0 Å². The van der Waals surface area contributed by atoms with E-state index in [1.54, 1.807) is 24.3 Å². The molecule has 0 aromatic heterocycles. The number of nitrogens with two attached hydrogens (primary N) is 1. The molecule has 5 heteroatoms. The average molecular weight is 315 g/mol. The second-order valence-electron chi connectivity index (χ2n) is 6.97. The molecule has 0 aliphatic heterocycles. The van der Waals surface area contributed by atoms with Crippen LogP contribution in [0.25, 0.3) is 0 Å². The number of rotatable bonds is 4. The molecule has 2 aliphatic rings. The van der Waals surface area contributed by atoms with Crippen LogP contribution >= 0.6 is 0 Å². The Morgan fingerprint density at radius 2 is 1.70 bits per heavy atom. The van der Waals surface area contributed by atoms with Crippen LogP contribution in [0.1, 0.15) is 49.4 Å². The predicted molar refractivity (Wildman–Crippen MR) is 90.0 cm³/mol. The first-order chi connectivity index (χ1) is 11.0. The highest BCUT2D eigenvalue weighted by Crippen LogP contribution is 2.38. The van der Waals surface area contributed by atoms with Crippen molar-refractivity contribution in [1.82, 2.24) is 5.32 Å². The van der Waals surface area contributed by atoms with Crippen LogP contribution < -0.4 is 16.4 Å². The van der Waals surface area contributed by atoms with Crippen molar-refractivity contribution in [3.63, 3.8) is 0 Å². The molecule has 2 unspecified atom stereocenters. The molecule has 0 heterocycles. The van der Waals surface area contributed by atoms with Crippen LogP contribution in [0.4, 0.5) is 5.69 Å². The molecule has 3 rings (SSSR count). The minimum absolute atomic E-state index is 0.0563. The van der Waals surface area contributed by atoms with E-state index in [4.69, 9.17) is 5.73 Å². The van der Waals surface area contributed by atoms with E-state index < -0.39 is 0 Å². The van der Waals surface area contributed by atoms with Gasteiger partial charge in [-0.25, -0.2) is 0 Å². The fourth-order valence-corrected chi connectivity index (χ4v) is 3.16. The number of amides is 2. The van der Waals surface area contributed by atoms with E-state index >= 15 is 0 Å². The second kappa shape index (κ2) is 6.71. The highest BCUT2D eigenvalue weighted by atomic mass is 16.2. The lowest BCUT2D eigenvalue weighted by Crippen LogP contribution is -2.40. The lowest BCUT2D eigenvalue weighted by atomic mass is 9.91. The van der Waals surface area contributed by atoms with Gasteiger partial charge in [0.2, 0.25) is 5.91 Å². The monoisotopic (exact) mass is 315 g/mol. The van der Waals surface area contributed by atoms with Crippen molar-refractivity contribution in [3.8, 4) is 0 Å². The summed E-state index contributed by atoms with van der Waals surface area (Å²) in [5, 5.41) is 5.97.